The zero-order valence-corrected chi connectivity index (χ0v) is 23.2. The molecule has 0 spiro atoms. The van der Waals surface area contributed by atoms with Crippen LogP contribution in [0.25, 0.3) is 16.7 Å². The molecule has 0 heterocycles. The fourth-order valence-electron chi connectivity index (χ4n) is 5.37. The van der Waals surface area contributed by atoms with E-state index in [1.54, 1.807) is 6.92 Å². The first-order chi connectivity index (χ1) is 19.7. The lowest BCUT2D eigenvalue weighted by Crippen LogP contribution is -2.10. The van der Waals surface area contributed by atoms with Gasteiger partial charge in [-0.25, -0.2) is 22.0 Å². The zero-order chi connectivity index (χ0) is 29.7. The second kappa shape index (κ2) is 13.6. The van der Waals surface area contributed by atoms with Gasteiger partial charge >= 0.3 is 0 Å². The number of allylic oxidation sites excluding steroid dienone is 2. The molecule has 41 heavy (non-hydrogen) atoms. The highest BCUT2D eigenvalue weighted by Crippen LogP contribution is 2.37. The molecule has 1 aliphatic rings. The fourth-order valence-corrected chi connectivity index (χ4v) is 5.37. The van der Waals surface area contributed by atoms with Crippen molar-refractivity contribution in [1.29, 1.82) is 0 Å². The number of ether oxygens (including phenoxy) is 1. The first kappa shape index (κ1) is 30.7. The Morgan fingerprint density at radius 2 is 1.46 bits per heavy atom. The summed E-state index contributed by atoms with van der Waals surface area (Å²) in [7, 11) is 0. The summed E-state index contributed by atoms with van der Waals surface area (Å²) in [6.45, 7) is 3.69. The molecule has 2 atom stereocenters. The first-order valence-corrected chi connectivity index (χ1v) is 14.1. The van der Waals surface area contributed by atoms with Crippen LogP contribution < -0.4 is 4.74 Å². The van der Waals surface area contributed by atoms with Crippen molar-refractivity contribution in [3.05, 3.63) is 94.1 Å². The monoisotopic (exact) mass is 576 g/mol. The summed E-state index contributed by atoms with van der Waals surface area (Å²) < 4.78 is 93.3. The van der Waals surface area contributed by atoms with Crippen LogP contribution in [0.15, 0.2) is 42.5 Å². The summed E-state index contributed by atoms with van der Waals surface area (Å²) in [6, 6.07) is 7.90. The Balaban J connectivity index is 1.42. The highest BCUT2D eigenvalue weighted by molar-refractivity contribution is 5.68. The molecule has 0 saturated carbocycles. The van der Waals surface area contributed by atoms with E-state index in [2.05, 4.69) is 0 Å². The van der Waals surface area contributed by atoms with E-state index in [1.807, 2.05) is 13.0 Å². The molecular weight excluding hydrogens is 542 g/mol. The molecule has 1 N–H and O–H groups in total. The second-order valence-corrected chi connectivity index (χ2v) is 10.5. The quantitative estimate of drug-likeness (QED) is 0.230. The van der Waals surface area contributed by atoms with Crippen LogP contribution in [0.5, 0.6) is 5.75 Å². The SMILES string of the molecule is CCCCC(O)c1ccc(C2=CCC(CCc3ccc(-c4ccc(OCC)c(F)c4F)c(F)c3F)CC2)c(F)c1F. The minimum atomic E-state index is -1.31. The molecule has 0 radical (unpaired) electrons. The minimum absolute atomic E-state index is 0.0374. The van der Waals surface area contributed by atoms with Crippen LogP contribution in [0.4, 0.5) is 26.3 Å². The lowest BCUT2D eigenvalue weighted by molar-refractivity contribution is 0.158. The first-order valence-electron chi connectivity index (χ1n) is 14.1. The van der Waals surface area contributed by atoms with Crippen molar-refractivity contribution in [3.63, 3.8) is 0 Å². The van der Waals surface area contributed by atoms with Crippen molar-refractivity contribution in [3.8, 4) is 16.9 Å². The van der Waals surface area contributed by atoms with Gasteiger partial charge in [-0.3, -0.25) is 0 Å². The van der Waals surface area contributed by atoms with Crippen LogP contribution >= 0.6 is 0 Å². The number of hydrogen-bond acceptors (Lipinski definition) is 2. The normalized spacial score (nSPS) is 16.0. The molecule has 3 aromatic rings. The van der Waals surface area contributed by atoms with E-state index in [0.717, 1.165) is 12.5 Å². The standard InChI is InChI=1S/C33H34F6O2/c1-3-5-6-26(40)25-16-15-22(29(35)32(25)38)20-10-7-19(8-11-20)9-12-21-13-14-23(30(36)28(21)34)24-17-18-27(41-4-2)33(39)31(24)37/h10,13-19,26,40H,3-9,11-12H2,1-2H3. The average Bonchev–Trinajstić information content (AvgIpc) is 2.97. The highest BCUT2D eigenvalue weighted by atomic mass is 19.2. The smallest absolute Gasteiger partial charge is 0.201 e. The van der Waals surface area contributed by atoms with Gasteiger partial charge in [0.1, 0.15) is 0 Å². The molecule has 3 aromatic carbocycles. The van der Waals surface area contributed by atoms with Crippen molar-refractivity contribution in [2.24, 2.45) is 5.92 Å². The van der Waals surface area contributed by atoms with Gasteiger partial charge in [-0.15, -0.1) is 0 Å². The maximum atomic E-state index is 14.9. The second-order valence-electron chi connectivity index (χ2n) is 10.5. The van der Waals surface area contributed by atoms with E-state index in [9.17, 15) is 31.4 Å². The molecule has 8 heteroatoms. The lowest BCUT2D eigenvalue weighted by atomic mass is 9.83. The van der Waals surface area contributed by atoms with Crippen LogP contribution in [-0.4, -0.2) is 11.7 Å². The molecule has 0 bridgehead atoms. The Bertz CT molecular complexity index is 1420. The Hall–Kier alpha value is -3.26. The number of unbranched alkanes of at least 4 members (excludes halogenated alkanes) is 1. The fraction of sp³-hybridized carbons (Fsp3) is 0.394. The molecule has 0 aromatic heterocycles. The topological polar surface area (TPSA) is 29.5 Å². The summed E-state index contributed by atoms with van der Waals surface area (Å²) in [5.74, 6) is -7.11. The van der Waals surface area contributed by atoms with Gasteiger partial charge < -0.3 is 9.84 Å². The predicted octanol–water partition coefficient (Wildman–Crippen LogP) is 9.63. The molecule has 1 aliphatic carbocycles. The summed E-state index contributed by atoms with van der Waals surface area (Å²) in [6.07, 6.45) is 5.19. The van der Waals surface area contributed by atoms with Crippen LogP contribution in [0.1, 0.15) is 81.6 Å². The molecule has 0 amide bonds. The van der Waals surface area contributed by atoms with Crippen molar-refractivity contribution >= 4 is 5.57 Å². The number of benzene rings is 3. The average molecular weight is 577 g/mol. The van der Waals surface area contributed by atoms with Crippen LogP contribution in [0.3, 0.4) is 0 Å². The van der Waals surface area contributed by atoms with Crippen LogP contribution in [0, 0.1) is 40.8 Å². The van der Waals surface area contributed by atoms with Gasteiger partial charge in [-0.1, -0.05) is 50.1 Å². The highest BCUT2D eigenvalue weighted by Gasteiger charge is 2.24. The van der Waals surface area contributed by atoms with Gasteiger partial charge in [0.15, 0.2) is 34.8 Å². The number of aryl methyl sites for hydroxylation is 1. The van der Waals surface area contributed by atoms with Crippen LogP contribution in [0.2, 0.25) is 0 Å². The van der Waals surface area contributed by atoms with E-state index < -0.39 is 46.6 Å². The summed E-state index contributed by atoms with van der Waals surface area (Å²) in [4.78, 5) is 0. The van der Waals surface area contributed by atoms with Crippen molar-refractivity contribution in [1.82, 2.24) is 0 Å². The predicted molar refractivity (Wildman–Crippen MR) is 147 cm³/mol. The molecule has 0 aliphatic heterocycles. The number of halogens is 6. The molecule has 4 rings (SSSR count). The van der Waals surface area contributed by atoms with Crippen molar-refractivity contribution < 1.29 is 36.2 Å². The maximum absolute atomic E-state index is 14.9. The number of aliphatic hydroxyl groups excluding tert-OH is 1. The van der Waals surface area contributed by atoms with Crippen molar-refractivity contribution in [2.45, 2.75) is 71.3 Å². The largest absolute Gasteiger partial charge is 0.491 e. The van der Waals surface area contributed by atoms with Gasteiger partial charge in [0.2, 0.25) is 5.82 Å². The zero-order valence-electron chi connectivity index (χ0n) is 23.2. The maximum Gasteiger partial charge on any atom is 0.201 e. The molecule has 0 fully saturated rings. The van der Waals surface area contributed by atoms with Gasteiger partial charge in [0, 0.05) is 22.3 Å². The molecular formula is C33H34F6O2. The summed E-state index contributed by atoms with van der Waals surface area (Å²) >= 11 is 0. The molecule has 0 saturated heterocycles. The Kier molecular flexibility index (Phi) is 10.2. The van der Waals surface area contributed by atoms with Gasteiger partial charge in [-0.05, 0) is 74.6 Å². The third-order valence-electron chi connectivity index (χ3n) is 7.79. The third kappa shape index (κ3) is 6.64. The van der Waals surface area contributed by atoms with E-state index in [1.165, 1.54) is 30.3 Å². The molecule has 2 unspecified atom stereocenters. The van der Waals surface area contributed by atoms with E-state index >= 15 is 0 Å². The van der Waals surface area contributed by atoms with Gasteiger partial charge in [0.25, 0.3) is 0 Å². The van der Waals surface area contributed by atoms with Gasteiger partial charge in [-0.2, -0.15) is 4.39 Å². The third-order valence-corrected chi connectivity index (χ3v) is 7.79. The van der Waals surface area contributed by atoms with E-state index in [-0.39, 0.29) is 46.9 Å². The number of aliphatic hydroxyl groups is 1. The van der Waals surface area contributed by atoms with E-state index in [4.69, 9.17) is 4.74 Å². The van der Waals surface area contributed by atoms with Crippen LogP contribution in [-0.2, 0) is 6.42 Å². The minimum Gasteiger partial charge on any atom is -0.491 e. The number of rotatable bonds is 11. The van der Waals surface area contributed by atoms with Gasteiger partial charge in [0.05, 0.1) is 12.7 Å². The Labute approximate surface area is 236 Å². The lowest BCUT2D eigenvalue weighted by Gasteiger charge is -2.23. The molecule has 220 valence electrons. The Morgan fingerprint density at radius 1 is 0.805 bits per heavy atom. The van der Waals surface area contributed by atoms with E-state index in [0.29, 0.717) is 44.1 Å². The molecule has 2 nitrogen and oxygen atoms in total. The number of hydrogen-bond donors (Lipinski definition) is 1. The summed E-state index contributed by atoms with van der Waals surface area (Å²) in [5.41, 5.74) is 0.162. The Morgan fingerprint density at radius 3 is 2.12 bits per heavy atom. The van der Waals surface area contributed by atoms with Crippen molar-refractivity contribution in [2.75, 3.05) is 6.61 Å². The summed E-state index contributed by atoms with van der Waals surface area (Å²) in [5, 5.41) is 10.2.